The van der Waals surface area contributed by atoms with Crippen molar-refractivity contribution in [3.05, 3.63) is 114 Å². The summed E-state index contributed by atoms with van der Waals surface area (Å²) in [5.74, 6) is -0.379. The number of carbonyl (C=O) groups excluding carboxylic acids is 2. The molecule has 7 heteroatoms. The highest BCUT2D eigenvalue weighted by atomic mass is 16.5. The van der Waals surface area contributed by atoms with Crippen molar-refractivity contribution in [3.8, 4) is 5.75 Å². The minimum absolute atomic E-state index is 0.148. The van der Waals surface area contributed by atoms with E-state index in [1.54, 1.807) is 24.4 Å². The monoisotopic (exact) mass is 465 g/mol. The van der Waals surface area contributed by atoms with Crippen molar-refractivity contribution in [1.82, 2.24) is 0 Å². The molecule has 0 aromatic heterocycles. The predicted molar refractivity (Wildman–Crippen MR) is 134 cm³/mol. The van der Waals surface area contributed by atoms with Crippen LogP contribution >= 0.6 is 0 Å². The Morgan fingerprint density at radius 3 is 2.51 bits per heavy atom. The molecule has 0 bridgehead atoms. The van der Waals surface area contributed by atoms with Crippen LogP contribution in [-0.4, -0.2) is 17.8 Å². The van der Waals surface area contributed by atoms with Gasteiger partial charge in [0.2, 0.25) is 0 Å². The van der Waals surface area contributed by atoms with Gasteiger partial charge in [0.05, 0.1) is 16.9 Å². The molecule has 35 heavy (non-hydrogen) atoms. The molecule has 5 rings (SSSR count). The summed E-state index contributed by atoms with van der Waals surface area (Å²) in [7, 11) is 0. The summed E-state index contributed by atoms with van der Waals surface area (Å²) in [6.45, 7) is 1.50. The fourth-order valence-corrected chi connectivity index (χ4v) is 4.10. The maximum absolute atomic E-state index is 13.3. The van der Waals surface area contributed by atoms with Crippen molar-refractivity contribution >= 4 is 29.1 Å². The van der Waals surface area contributed by atoms with Crippen LogP contribution in [0.4, 0.5) is 11.4 Å². The fourth-order valence-electron chi connectivity index (χ4n) is 4.10. The third-order valence-corrected chi connectivity index (χ3v) is 5.69. The molecule has 0 aliphatic carbocycles. The molecular weight excluding hydrogens is 442 g/mol. The van der Waals surface area contributed by atoms with Crippen LogP contribution in [0.15, 0.2) is 107 Å². The van der Waals surface area contributed by atoms with Crippen molar-refractivity contribution in [3.63, 3.8) is 0 Å². The van der Waals surface area contributed by atoms with Gasteiger partial charge >= 0.3 is 11.9 Å². The van der Waals surface area contributed by atoms with E-state index in [1.165, 1.54) is 6.92 Å². The Balaban J connectivity index is 1.52. The third-order valence-electron chi connectivity index (χ3n) is 5.69. The number of amidine groups is 1. The van der Waals surface area contributed by atoms with Gasteiger partial charge in [-0.3, -0.25) is 4.79 Å². The summed E-state index contributed by atoms with van der Waals surface area (Å²) in [6.07, 6.45) is 3.39. The van der Waals surface area contributed by atoms with Gasteiger partial charge in [-0.05, 0) is 35.4 Å². The molecule has 2 aliphatic heterocycles. The van der Waals surface area contributed by atoms with Gasteiger partial charge in [-0.1, -0.05) is 54.6 Å². The van der Waals surface area contributed by atoms with E-state index in [9.17, 15) is 9.59 Å². The van der Waals surface area contributed by atoms with Crippen LogP contribution in [0.2, 0.25) is 0 Å². The molecule has 0 fully saturated rings. The van der Waals surface area contributed by atoms with Gasteiger partial charge in [0, 0.05) is 30.8 Å². The van der Waals surface area contributed by atoms with E-state index in [-0.39, 0.29) is 6.61 Å². The fraction of sp³-hybridized carbons (Fsp3) is 0.107. The first-order chi connectivity index (χ1) is 17.1. The quantitative estimate of drug-likeness (QED) is 0.400. The molecule has 2 N–H and O–H groups in total. The summed E-state index contributed by atoms with van der Waals surface area (Å²) < 4.78 is 11.0. The molecule has 0 radical (unpaired) electrons. The summed E-state index contributed by atoms with van der Waals surface area (Å²) >= 11 is 0. The molecule has 3 aromatic carbocycles. The number of nitrogens with zero attached hydrogens (tertiary/aromatic N) is 1. The zero-order valence-corrected chi connectivity index (χ0v) is 19.0. The summed E-state index contributed by atoms with van der Waals surface area (Å²) in [4.78, 5) is 29.4. The maximum atomic E-state index is 13.3. The molecule has 2 aliphatic rings. The molecule has 0 spiro atoms. The molecule has 0 saturated heterocycles. The number of anilines is 2. The Morgan fingerprint density at radius 1 is 0.943 bits per heavy atom. The second-order valence-corrected chi connectivity index (χ2v) is 8.14. The zero-order valence-electron chi connectivity index (χ0n) is 19.0. The van der Waals surface area contributed by atoms with E-state index in [2.05, 4.69) is 15.6 Å². The molecule has 174 valence electrons. The minimum Gasteiger partial charge on any atom is -0.457 e. The molecule has 1 atom stereocenters. The van der Waals surface area contributed by atoms with Gasteiger partial charge in [0.25, 0.3) is 0 Å². The Hall–Kier alpha value is -4.65. The Morgan fingerprint density at radius 2 is 1.71 bits per heavy atom. The Bertz CT molecular complexity index is 1380. The molecule has 0 saturated carbocycles. The van der Waals surface area contributed by atoms with Crippen molar-refractivity contribution < 1.29 is 19.1 Å². The Labute approximate surface area is 202 Å². The molecule has 0 amide bonds. The number of ether oxygens (including phenoxy) is 2. The van der Waals surface area contributed by atoms with Crippen LogP contribution in [0.25, 0.3) is 0 Å². The van der Waals surface area contributed by atoms with Gasteiger partial charge in [0.1, 0.15) is 18.2 Å². The van der Waals surface area contributed by atoms with Gasteiger partial charge in [-0.25, -0.2) is 9.79 Å². The van der Waals surface area contributed by atoms with Crippen LogP contribution in [0.3, 0.4) is 0 Å². The lowest BCUT2D eigenvalue weighted by molar-refractivity contribution is -0.140. The SMILES string of the molecule is CC(=O)Oc1cccc([C@@H]2C(C(=O)OCc3ccccc3)=CN=C3Nc4ccccc4NC=C32)c1. The lowest BCUT2D eigenvalue weighted by Gasteiger charge is -2.26. The van der Waals surface area contributed by atoms with Gasteiger partial charge in [0.15, 0.2) is 0 Å². The highest BCUT2D eigenvalue weighted by Crippen LogP contribution is 2.39. The second kappa shape index (κ2) is 9.69. The van der Waals surface area contributed by atoms with Crippen LogP contribution in [0.5, 0.6) is 5.75 Å². The van der Waals surface area contributed by atoms with Gasteiger partial charge in [-0.15, -0.1) is 0 Å². The van der Waals surface area contributed by atoms with E-state index < -0.39 is 17.9 Å². The molecule has 0 unspecified atom stereocenters. The zero-order chi connectivity index (χ0) is 24.2. The maximum Gasteiger partial charge on any atom is 0.336 e. The largest absolute Gasteiger partial charge is 0.457 e. The normalized spacial score (nSPS) is 16.0. The lowest BCUT2D eigenvalue weighted by atomic mass is 9.83. The van der Waals surface area contributed by atoms with Crippen LogP contribution in [0.1, 0.15) is 24.0 Å². The molecular formula is C28H23N3O4. The van der Waals surface area contributed by atoms with E-state index >= 15 is 0 Å². The number of nitrogens with one attached hydrogen (secondary N) is 2. The number of rotatable bonds is 5. The number of aliphatic imine (C=N–C) groups is 1. The Kier molecular flexibility index (Phi) is 6.13. The van der Waals surface area contributed by atoms with Crippen LogP contribution in [-0.2, 0) is 20.9 Å². The van der Waals surface area contributed by atoms with E-state index in [0.717, 1.165) is 28.1 Å². The second-order valence-electron chi connectivity index (χ2n) is 8.14. The van der Waals surface area contributed by atoms with Crippen molar-refractivity contribution in [2.75, 3.05) is 10.6 Å². The third kappa shape index (κ3) is 4.84. The van der Waals surface area contributed by atoms with E-state index in [0.29, 0.717) is 17.2 Å². The van der Waals surface area contributed by atoms with E-state index in [1.807, 2.05) is 66.9 Å². The first kappa shape index (κ1) is 22.2. The molecule has 3 aromatic rings. The summed E-state index contributed by atoms with van der Waals surface area (Å²) in [6, 6.07) is 24.4. The average molecular weight is 466 g/mol. The number of benzene rings is 3. The highest BCUT2D eigenvalue weighted by molar-refractivity contribution is 6.14. The van der Waals surface area contributed by atoms with E-state index in [4.69, 9.17) is 9.47 Å². The van der Waals surface area contributed by atoms with Crippen molar-refractivity contribution in [2.45, 2.75) is 19.4 Å². The van der Waals surface area contributed by atoms with Gasteiger partial charge < -0.3 is 20.1 Å². The van der Waals surface area contributed by atoms with Crippen molar-refractivity contribution in [1.29, 1.82) is 0 Å². The highest BCUT2D eigenvalue weighted by Gasteiger charge is 2.34. The first-order valence-electron chi connectivity index (χ1n) is 11.2. The number of hydrogen-bond acceptors (Lipinski definition) is 7. The van der Waals surface area contributed by atoms with Gasteiger partial charge in [-0.2, -0.15) is 0 Å². The number of hydrogen-bond donors (Lipinski definition) is 2. The molecule has 2 heterocycles. The number of esters is 2. The number of carbonyl (C=O) groups is 2. The lowest BCUT2D eigenvalue weighted by Crippen LogP contribution is -2.27. The summed E-state index contributed by atoms with van der Waals surface area (Å²) in [5, 5.41) is 6.68. The minimum atomic E-state index is -0.504. The van der Waals surface area contributed by atoms with Crippen molar-refractivity contribution in [2.24, 2.45) is 4.99 Å². The van der Waals surface area contributed by atoms with Crippen LogP contribution < -0.4 is 15.4 Å². The smallest absolute Gasteiger partial charge is 0.336 e. The number of fused-ring (bicyclic) bond motifs is 2. The predicted octanol–water partition coefficient (Wildman–Crippen LogP) is 5.16. The molecule has 7 nitrogen and oxygen atoms in total. The summed E-state index contributed by atoms with van der Waals surface area (Å²) in [5.41, 5.74) is 4.55. The number of para-hydroxylation sites is 2. The average Bonchev–Trinajstić information content (AvgIpc) is 3.06. The topological polar surface area (TPSA) is 89.0 Å². The first-order valence-corrected chi connectivity index (χ1v) is 11.2. The standard InChI is InChI=1S/C28H23N3O4/c1-18(32)35-21-11-7-10-20(14-21)26-22-15-29-24-12-5-6-13-25(24)31-27(22)30-16-23(26)28(33)34-17-19-8-3-2-4-9-19/h2-16,26,29H,17H2,1H3,(H,30,31)/t26-/m0/s1. The van der Waals surface area contributed by atoms with Crippen LogP contribution in [0, 0.1) is 0 Å².